The summed E-state index contributed by atoms with van der Waals surface area (Å²) >= 11 is 0. The Morgan fingerprint density at radius 3 is 2.62 bits per heavy atom. The maximum absolute atomic E-state index is 9.56. The summed E-state index contributed by atoms with van der Waals surface area (Å²) in [4.78, 5) is 4.59. The molecule has 0 radical (unpaired) electrons. The van der Waals surface area contributed by atoms with Crippen LogP contribution in [-0.2, 0) is 7.05 Å². The van der Waals surface area contributed by atoms with Crippen molar-refractivity contribution in [1.82, 2.24) is 9.55 Å². The lowest BCUT2D eigenvalue weighted by molar-refractivity contribution is 0.317. The Morgan fingerprint density at radius 2 is 1.96 bits per heavy atom. The molecule has 3 aromatic rings. The third-order valence-corrected chi connectivity index (χ3v) is 3.81. The van der Waals surface area contributed by atoms with Crippen LogP contribution in [0.1, 0.15) is 24.7 Å². The van der Waals surface area contributed by atoms with Gasteiger partial charge in [-0.2, -0.15) is 5.26 Å². The zero-order valence-corrected chi connectivity index (χ0v) is 13.9. The molecule has 0 atom stereocenters. The summed E-state index contributed by atoms with van der Waals surface area (Å²) in [5.74, 6) is 1.51. The van der Waals surface area contributed by atoms with Gasteiger partial charge in [0.1, 0.15) is 11.8 Å². The second-order valence-electron chi connectivity index (χ2n) is 5.57. The molecule has 0 N–H and O–H groups in total. The average molecular weight is 317 g/mol. The summed E-state index contributed by atoms with van der Waals surface area (Å²) in [5.41, 5.74) is 3.38. The molecule has 1 heterocycles. The molecule has 0 aliphatic heterocycles. The van der Waals surface area contributed by atoms with Crippen molar-refractivity contribution in [3.63, 3.8) is 0 Å². The zero-order chi connectivity index (χ0) is 16.9. The number of nitrogens with zero attached hydrogens (tertiary/aromatic N) is 3. The van der Waals surface area contributed by atoms with E-state index in [1.807, 2.05) is 66.2 Å². The van der Waals surface area contributed by atoms with Gasteiger partial charge in [-0.15, -0.1) is 0 Å². The van der Waals surface area contributed by atoms with Gasteiger partial charge in [-0.05, 0) is 42.3 Å². The van der Waals surface area contributed by atoms with E-state index in [1.165, 1.54) is 0 Å². The zero-order valence-electron chi connectivity index (χ0n) is 13.9. The fourth-order valence-electron chi connectivity index (χ4n) is 2.58. The molecular formula is C20H19N3O. The molecule has 0 amide bonds. The molecule has 2 aromatic carbocycles. The molecule has 4 heteroatoms. The Hall–Kier alpha value is -3.06. The van der Waals surface area contributed by atoms with E-state index < -0.39 is 0 Å². The predicted octanol–water partition coefficient (Wildman–Crippen LogP) is 4.43. The van der Waals surface area contributed by atoms with E-state index in [0.29, 0.717) is 18.0 Å². The average Bonchev–Trinajstić information content (AvgIpc) is 2.96. The first-order chi connectivity index (χ1) is 11.7. The van der Waals surface area contributed by atoms with E-state index >= 15 is 0 Å². The topological polar surface area (TPSA) is 50.8 Å². The number of imidazole rings is 1. The van der Waals surface area contributed by atoms with Gasteiger partial charge in [0, 0.05) is 7.05 Å². The number of nitriles is 1. The van der Waals surface area contributed by atoms with Crippen LogP contribution >= 0.6 is 0 Å². The van der Waals surface area contributed by atoms with Gasteiger partial charge in [0.15, 0.2) is 5.82 Å². The van der Waals surface area contributed by atoms with Crippen LogP contribution < -0.4 is 4.74 Å². The molecule has 0 aliphatic rings. The van der Waals surface area contributed by atoms with Crippen LogP contribution in [0.5, 0.6) is 5.75 Å². The highest BCUT2D eigenvalue weighted by Crippen LogP contribution is 2.22. The lowest BCUT2D eigenvalue weighted by atomic mass is 10.1. The highest BCUT2D eigenvalue weighted by molar-refractivity contribution is 5.90. The van der Waals surface area contributed by atoms with Gasteiger partial charge >= 0.3 is 0 Å². The standard InChI is InChI=1S/C20H19N3O/c1-3-12-24-17-10-8-15(9-11-17)13-16(14-21)20-22-18-6-4-5-7-19(18)23(20)2/h4-11,13H,3,12H2,1-2H3. The van der Waals surface area contributed by atoms with Gasteiger partial charge in [0.25, 0.3) is 0 Å². The summed E-state index contributed by atoms with van der Waals surface area (Å²) in [6.07, 6.45) is 2.83. The second-order valence-corrected chi connectivity index (χ2v) is 5.57. The van der Waals surface area contributed by atoms with Gasteiger partial charge in [-0.1, -0.05) is 31.2 Å². The summed E-state index contributed by atoms with van der Waals surface area (Å²) in [6.45, 7) is 2.78. The Labute approximate surface area is 141 Å². The van der Waals surface area contributed by atoms with Crippen molar-refractivity contribution < 1.29 is 4.74 Å². The van der Waals surface area contributed by atoms with Gasteiger partial charge in [-0.25, -0.2) is 4.98 Å². The fourth-order valence-corrected chi connectivity index (χ4v) is 2.58. The van der Waals surface area contributed by atoms with Crippen molar-refractivity contribution in [1.29, 1.82) is 5.26 Å². The summed E-state index contributed by atoms with van der Waals surface area (Å²) in [5, 5.41) is 9.56. The highest BCUT2D eigenvalue weighted by Gasteiger charge is 2.11. The second kappa shape index (κ2) is 7.01. The van der Waals surface area contributed by atoms with Crippen molar-refractivity contribution in [2.75, 3.05) is 6.61 Å². The third-order valence-electron chi connectivity index (χ3n) is 3.81. The normalized spacial score (nSPS) is 11.5. The molecule has 0 aliphatic carbocycles. The quantitative estimate of drug-likeness (QED) is 0.654. The Morgan fingerprint density at radius 1 is 1.21 bits per heavy atom. The number of hydrogen-bond acceptors (Lipinski definition) is 3. The van der Waals surface area contributed by atoms with Crippen molar-refractivity contribution in [2.45, 2.75) is 13.3 Å². The maximum Gasteiger partial charge on any atom is 0.151 e. The van der Waals surface area contributed by atoms with E-state index in [1.54, 1.807) is 0 Å². The molecule has 120 valence electrons. The van der Waals surface area contributed by atoms with E-state index in [0.717, 1.165) is 28.8 Å². The van der Waals surface area contributed by atoms with Crippen LogP contribution in [0.4, 0.5) is 0 Å². The summed E-state index contributed by atoms with van der Waals surface area (Å²) in [7, 11) is 1.93. The largest absolute Gasteiger partial charge is 0.494 e. The Kier molecular flexibility index (Phi) is 4.62. The van der Waals surface area contributed by atoms with Crippen molar-refractivity contribution in [2.24, 2.45) is 7.05 Å². The number of para-hydroxylation sites is 2. The number of rotatable bonds is 5. The maximum atomic E-state index is 9.56. The van der Waals surface area contributed by atoms with E-state index in [2.05, 4.69) is 18.0 Å². The van der Waals surface area contributed by atoms with E-state index in [-0.39, 0.29) is 0 Å². The first-order valence-corrected chi connectivity index (χ1v) is 7.99. The predicted molar refractivity (Wildman–Crippen MR) is 96.4 cm³/mol. The van der Waals surface area contributed by atoms with Crippen molar-refractivity contribution >= 4 is 22.7 Å². The van der Waals surface area contributed by atoms with Crippen LogP contribution in [0, 0.1) is 11.3 Å². The Balaban J connectivity index is 1.94. The number of aryl methyl sites for hydroxylation is 1. The van der Waals surface area contributed by atoms with Crippen molar-refractivity contribution in [3.05, 3.63) is 59.9 Å². The molecule has 0 saturated carbocycles. The molecule has 0 spiro atoms. The number of ether oxygens (including phenoxy) is 1. The first kappa shape index (κ1) is 15.8. The van der Waals surface area contributed by atoms with Gasteiger partial charge in [-0.3, -0.25) is 0 Å². The van der Waals surface area contributed by atoms with Crippen LogP contribution in [0.2, 0.25) is 0 Å². The van der Waals surface area contributed by atoms with Crippen LogP contribution in [0.3, 0.4) is 0 Å². The van der Waals surface area contributed by atoms with Crippen LogP contribution in [0.15, 0.2) is 48.5 Å². The molecule has 0 unspecified atom stereocenters. The SMILES string of the molecule is CCCOc1ccc(C=C(C#N)c2nc3ccccc3n2C)cc1. The van der Waals surface area contributed by atoms with Crippen LogP contribution in [-0.4, -0.2) is 16.2 Å². The minimum absolute atomic E-state index is 0.538. The number of hydrogen-bond donors (Lipinski definition) is 0. The minimum atomic E-state index is 0.538. The lowest BCUT2D eigenvalue weighted by Crippen LogP contribution is -1.96. The highest BCUT2D eigenvalue weighted by atomic mass is 16.5. The molecule has 0 saturated heterocycles. The monoisotopic (exact) mass is 317 g/mol. The first-order valence-electron chi connectivity index (χ1n) is 7.99. The van der Waals surface area contributed by atoms with E-state index in [9.17, 15) is 5.26 Å². The number of aromatic nitrogens is 2. The molecule has 3 rings (SSSR count). The summed E-state index contributed by atoms with van der Waals surface area (Å²) in [6, 6.07) is 17.9. The Bertz CT molecular complexity index is 914. The molecule has 0 bridgehead atoms. The van der Waals surface area contributed by atoms with Gasteiger partial charge in [0.05, 0.1) is 23.2 Å². The lowest BCUT2D eigenvalue weighted by Gasteiger charge is -2.05. The number of allylic oxidation sites excluding steroid dienone is 1. The van der Waals surface area contributed by atoms with E-state index in [4.69, 9.17) is 4.74 Å². The van der Waals surface area contributed by atoms with Gasteiger partial charge in [0.2, 0.25) is 0 Å². The third kappa shape index (κ3) is 3.16. The summed E-state index contributed by atoms with van der Waals surface area (Å²) < 4.78 is 7.53. The molecule has 24 heavy (non-hydrogen) atoms. The number of benzene rings is 2. The smallest absolute Gasteiger partial charge is 0.151 e. The van der Waals surface area contributed by atoms with Gasteiger partial charge < -0.3 is 9.30 Å². The fraction of sp³-hybridized carbons (Fsp3) is 0.200. The molecule has 1 aromatic heterocycles. The molecular weight excluding hydrogens is 298 g/mol. The minimum Gasteiger partial charge on any atom is -0.494 e. The number of fused-ring (bicyclic) bond motifs is 1. The van der Waals surface area contributed by atoms with Crippen molar-refractivity contribution in [3.8, 4) is 11.8 Å². The molecule has 0 fully saturated rings. The van der Waals surface area contributed by atoms with Crippen LogP contribution in [0.25, 0.3) is 22.7 Å². The molecule has 4 nitrogen and oxygen atoms in total.